The number of amides is 1. The van der Waals surface area contributed by atoms with Crippen molar-refractivity contribution in [2.75, 3.05) is 28.0 Å². The first-order valence-corrected chi connectivity index (χ1v) is 11.6. The SMILES string of the molecule is Cc1noc(NS(=O)(=O)c2ccc(NC(=O)CN3CC(=O)Oc4ccc(Cl)cc43)cc2)c1C. The highest BCUT2D eigenvalue weighted by Gasteiger charge is 2.26. The van der Waals surface area contributed by atoms with Gasteiger partial charge in [-0.3, -0.25) is 4.79 Å². The number of carbonyl (C=O) groups is 2. The molecule has 2 N–H and O–H groups in total. The van der Waals surface area contributed by atoms with Gasteiger partial charge in [-0.1, -0.05) is 16.8 Å². The summed E-state index contributed by atoms with van der Waals surface area (Å²) in [6.07, 6.45) is 0. The third kappa shape index (κ3) is 4.94. The molecule has 0 saturated carbocycles. The summed E-state index contributed by atoms with van der Waals surface area (Å²) >= 11 is 6.03. The summed E-state index contributed by atoms with van der Waals surface area (Å²) in [5.41, 5.74) is 2.09. The van der Waals surface area contributed by atoms with Gasteiger partial charge in [-0.2, -0.15) is 0 Å². The number of ether oxygens (including phenoxy) is 1. The molecule has 2 heterocycles. The number of rotatable bonds is 6. The van der Waals surface area contributed by atoms with E-state index in [0.717, 1.165) is 0 Å². The molecule has 1 aliphatic rings. The van der Waals surface area contributed by atoms with Gasteiger partial charge in [0.05, 0.1) is 22.8 Å². The molecule has 0 atom stereocenters. The molecule has 3 aromatic rings. The average molecular weight is 491 g/mol. The van der Waals surface area contributed by atoms with Gasteiger partial charge < -0.3 is 19.5 Å². The number of anilines is 3. The zero-order valence-electron chi connectivity index (χ0n) is 17.6. The highest BCUT2D eigenvalue weighted by atomic mass is 35.5. The zero-order chi connectivity index (χ0) is 23.8. The van der Waals surface area contributed by atoms with Crippen molar-refractivity contribution < 1.29 is 27.3 Å². The number of hydrogen-bond donors (Lipinski definition) is 2. The van der Waals surface area contributed by atoms with Gasteiger partial charge in [0.15, 0.2) is 5.75 Å². The van der Waals surface area contributed by atoms with Crippen LogP contribution in [-0.4, -0.2) is 38.5 Å². The summed E-state index contributed by atoms with van der Waals surface area (Å²) in [6, 6.07) is 10.4. The predicted octanol–water partition coefficient (Wildman–Crippen LogP) is 3.11. The number of sulfonamides is 1. The number of hydrogen-bond acceptors (Lipinski definition) is 8. The van der Waals surface area contributed by atoms with Crippen LogP contribution in [0.15, 0.2) is 51.9 Å². The molecule has 2 aromatic carbocycles. The van der Waals surface area contributed by atoms with Crippen molar-refractivity contribution >= 4 is 50.8 Å². The molecule has 1 aliphatic heterocycles. The molecule has 0 bridgehead atoms. The van der Waals surface area contributed by atoms with Crippen molar-refractivity contribution in [3.05, 3.63) is 58.7 Å². The Hall–Kier alpha value is -3.57. The molecule has 0 radical (unpaired) electrons. The number of halogens is 1. The second-order valence-corrected chi connectivity index (χ2v) is 9.46. The largest absolute Gasteiger partial charge is 0.423 e. The van der Waals surface area contributed by atoms with Gasteiger partial charge in [-0.25, -0.2) is 17.9 Å². The molecule has 33 heavy (non-hydrogen) atoms. The normalized spacial score (nSPS) is 13.3. The first-order valence-electron chi connectivity index (χ1n) is 9.73. The molecule has 0 spiro atoms. The van der Waals surface area contributed by atoms with E-state index in [4.69, 9.17) is 20.9 Å². The van der Waals surface area contributed by atoms with Gasteiger partial charge >= 0.3 is 5.97 Å². The highest BCUT2D eigenvalue weighted by Crippen LogP contribution is 2.34. The Morgan fingerprint density at radius 3 is 2.58 bits per heavy atom. The minimum absolute atomic E-state index is 0.0173. The summed E-state index contributed by atoms with van der Waals surface area (Å²) in [4.78, 5) is 25.9. The fourth-order valence-corrected chi connectivity index (χ4v) is 4.36. The average Bonchev–Trinajstić information content (AvgIpc) is 3.06. The van der Waals surface area contributed by atoms with E-state index in [9.17, 15) is 18.0 Å². The molecule has 4 rings (SSSR count). The second kappa shape index (κ2) is 8.75. The van der Waals surface area contributed by atoms with Crippen molar-refractivity contribution in [3.8, 4) is 5.75 Å². The number of aryl methyl sites for hydroxylation is 1. The van der Waals surface area contributed by atoms with E-state index in [0.29, 0.717) is 33.4 Å². The van der Waals surface area contributed by atoms with Crippen LogP contribution in [0.25, 0.3) is 0 Å². The Labute approximate surface area is 194 Å². The fourth-order valence-electron chi connectivity index (χ4n) is 3.14. The first kappa shape index (κ1) is 22.6. The molecule has 1 aromatic heterocycles. The standard InChI is InChI=1S/C21H19ClN4O6S/c1-12-13(2)24-32-21(12)25-33(29,30)16-6-4-15(5-7-16)23-19(27)10-26-11-20(28)31-18-8-3-14(22)9-17(18)26/h3-9,25H,10-11H2,1-2H3,(H,23,27). The monoisotopic (exact) mass is 490 g/mol. The van der Waals surface area contributed by atoms with E-state index in [1.807, 2.05) is 0 Å². The minimum Gasteiger partial charge on any atom is -0.423 e. The van der Waals surface area contributed by atoms with Gasteiger partial charge in [-0.15, -0.1) is 0 Å². The maximum atomic E-state index is 12.6. The van der Waals surface area contributed by atoms with E-state index >= 15 is 0 Å². The Kier molecular flexibility index (Phi) is 6.00. The summed E-state index contributed by atoms with van der Waals surface area (Å²) in [6.45, 7) is 3.16. The predicted molar refractivity (Wildman–Crippen MR) is 121 cm³/mol. The van der Waals surface area contributed by atoms with E-state index < -0.39 is 21.9 Å². The quantitative estimate of drug-likeness (QED) is 0.398. The molecule has 0 aliphatic carbocycles. The molecular weight excluding hydrogens is 472 g/mol. The lowest BCUT2D eigenvalue weighted by Gasteiger charge is -2.29. The van der Waals surface area contributed by atoms with Gasteiger partial charge in [0.1, 0.15) is 6.54 Å². The fraction of sp³-hybridized carbons (Fsp3) is 0.190. The van der Waals surface area contributed by atoms with Gasteiger partial charge in [-0.05, 0) is 56.3 Å². The topological polar surface area (TPSA) is 131 Å². The molecule has 12 heteroatoms. The second-order valence-electron chi connectivity index (χ2n) is 7.34. The Balaban J connectivity index is 1.43. The van der Waals surface area contributed by atoms with E-state index in [2.05, 4.69) is 15.2 Å². The number of nitrogens with zero attached hydrogens (tertiary/aromatic N) is 2. The van der Waals surface area contributed by atoms with Gasteiger partial charge in [0.2, 0.25) is 11.8 Å². The van der Waals surface area contributed by atoms with Crippen LogP contribution in [0.1, 0.15) is 11.3 Å². The van der Waals surface area contributed by atoms with Crippen molar-refractivity contribution in [1.82, 2.24) is 5.16 Å². The van der Waals surface area contributed by atoms with Crippen LogP contribution < -0.4 is 19.7 Å². The summed E-state index contributed by atoms with van der Waals surface area (Å²) < 4.78 is 37.7. The van der Waals surface area contributed by atoms with Crippen molar-refractivity contribution in [1.29, 1.82) is 0 Å². The molecule has 10 nitrogen and oxygen atoms in total. The van der Waals surface area contributed by atoms with Gasteiger partial charge in [0, 0.05) is 16.3 Å². The number of aromatic nitrogens is 1. The molecular formula is C21H19ClN4O6S. The van der Waals surface area contributed by atoms with E-state index in [1.165, 1.54) is 24.3 Å². The third-order valence-corrected chi connectivity index (χ3v) is 6.55. The number of esters is 1. The van der Waals surface area contributed by atoms with Crippen LogP contribution in [0, 0.1) is 13.8 Å². The molecule has 0 unspecified atom stereocenters. The molecule has 0 saturated heterocycles. The number of benzene rings is 2. The van der Waals surface area contributed by atoms with Crippen molar-refractivity contribution in [2.24, 2.45) is 0 Å². The minimum atomic E-state index is -3.90. The molecule has 1 amide bonds. The van der Waals surface area contributed by atoms with Crippen LogP contribution in [-0.2, 0) is 19.6 Å². The first-order chi connectivity index (χ1) is 15.6. The lowest BCUT2D eigenvalue weighted by Crippen LogP contribution is -2.41. The summed E-state index contributed by atoms with van der Waals surface area (Å²) in [7, 11) is -3.90. The third-order valence-electron chi connectivity index (χ3n) is 4.97. The summed E-state index contributed by atoms with van der Waals surface area (Å²) in [5.74, 6) is -0.526. The zero-order valence-corrected chi connectivity index (χ0v) is 19.2. The lowest BCUT2D eigenvalue weighted by molar-refractivity contribution is -0.133. The molecule has 0 fully saturated rings. The van der Waals surface area contributed by atoms with Crippen LogP contribution in [0.4, 0.5) is 17.3 Å². The van der Waals surface area contributed by atoms with Crippen LogP contribution in [0.5, 0.6) is 5.75 Å². The van der Waals surface area contributed by atoms with Crippen LogP contribution in [0.2, 0.25) is 5.02 Å². The lowest BCUT2D eigenvalue weighted by atomic mass is 10.2. The van der Waals surface area contributed by atoms with E-state index in [1.54, 1.807) is 36.9 Å². The van der Waals surface area contributed by atoms with Crippen LogP contribution >= 0.6 is 11.6 Å². The smallest absolute Gasteiger partial charge is 0.331 e. The van der Waals surface area contributed by atoms with E-state index in [-0.39, 0.29) is 23.9 Å². The highest BCUT2D eigenvalue weighted by molar-refractivity contribution is 7.92. The Morgan fingerprint density at radius 2 is 1.91 bits per heavy atom. The summed E-state index contributed by atoms with van der Waals surface area (Å²) in [5, 5.41) is 6.85. The van der Waals surface area contributed by atoms with Crippen LogP contribution in [0.3, 0.4) is 0 Å². The maximum absolute atomic E-state index is 12.6. The number of fused-ring (bicyclic) bond motifs is 1. The number of carbonyl (C=O) groups excluding carboxylic acids is 2. The van der Waals surface area contributed by atoms with Crippen molar-refractivity contribution in [3.63, 3.8) is 0 Å². The van der Waals surface area contributed by atoms with Crippen molar-refractivity contribution in [2.45, 2.75) is 18.7 Å². The Bertz CT molecular complexity index is 1340. The maximum Gasteiger partial charge on any atom is 0.331 e. The number of nitrogens with one attached hydrogen (secondary N) is 2. The Morgan fingerprint density at radius 1 is 1.18 bits per heavy atom. The molecule has 172 valence electrons. The van der Waals surface area contributed by atoms with Gasteiger partial charge in [0.25, 0.3) is 10.0 Å².